The first-order valence-electron chi connectivity index (χ1n) is 6.81. The zero-order valence-electron chi connectivity index (χ0n) is 14.4. The van der Waals surface area contributed by atoms with Crippen molar-refractivity contribution in [2.24, 2.45) is 0 Å². The van der Waals surface area contributed by atoms with Gasteiger partial charge in [0.2, 0.25) is 0 Å². The van der Waals surface area contributed by atoms with Crippen LogP contribution in [0, 0.1) is 0 Å². The Morgan fingerprint density at radius 2 is 1.00 bits per heavy atom. The topological polar surface area (TPSA) is 42.3 Å². The van der Waals surface area contributed by atoms with Crippen molar-refractivity contribution in [1.29, 1.82) is 0 Å². The summed E-state index contributed by atoms with van der Waals surface area (Å²) in [4.78, 5) is 0. The molecule has 1 rings (SSSR count). The van der Waals surface area contributed by atoms with Gasteiger partial charge >= 0.3 is 35.3 Å². The van der Waals surface area contributed by atoms with Crippen molar-refractivity contribution in [2.75, 3.05) is 40.8 Å². The molecule has 0 radical (unpaired) electrons. The third kappa shape index (κ3) is 28.3. The van der Waals surface area contributed by atoms with Crippen molar-refractivity contribution < 1.29 is 38.5 Å². The first kappa shape index (κ1) is 30.1. The third-order valence-corrected chi connectivity index (χ3v) is 2.93. The van der Waals surface area contributed by atoms with Gasteiger partial charge in [-0.15, -0.1) is 0 Å². The molecule has 8 heteroatoms. The summed E-state index contributed by atoms with van der Waals surface area (Å²) in [6.07, 6.45) is 0. The van der Waals surface area contributed by atoms with Crippen LogP contribution in [0.2, 0.25) is 0 Å². The second kappa shape index (κ2) is 23.4. The van der Waals surface area contributed by atoms with E-state index in [1.54, 1.807) is 21.1 Å². The monoisotopic (exact) mass is 413 g/mol. The smallest absolute Gasteiger partial charge is 0.665 e. The molecule has 0 N–H and O–H groups in total. The Hall–Kier alpha value is 0.120. The van der Waals surface area contributed by atoms with Gasteiger partial charge in [0.1, 0.15) is 0 Å². The molecule has 0 aliphatic rings. The molecule has 0 aromatic heterocycles. The Balaban J connectivity index is -0.000000107. The largest absolute Gasteiger partial charge is 4.00 e. The van der Waals surface area contributed by atoms with Crippen molar-refractivity contribution >= 4 is 14.3 Å². The summed E-state index contributed by atoms with van der Waals surface area (Å²) in [7, 11) is -0.0644. The predicted molar refractivity (Wildman–Crippen MR) is 90.2 cm³/mol. The molecule has 1 aromatic carbocycles. The van der Waals surface area contributed by atoms with E-state index in [2.05, 4.69) is 16.0 Å². The van der Waals surface area contributed by atoms with E-state index >= 15 is 0 Å². The molecular formula is C14H28F3N3SiZr. The zero-order valence-corrected chi connectivity index (χ0v) is 17.9. The number of hydrogen-bond acceptors (Lipinski definition) is 0. The average molecular weight is 415 g/mol. The summed E-state index contributed by atoms with van der Waals surface area (Å²) in [5.41, 5.74) is 0. The fraction of sp³-hybridized carbons (Fsp3) is 0.643. The van der Waals surface area contributed by atoms with E-state index in [9.17, 15) is 12.3 Å². The summed E-state index contributed by atoms with van der Waals surface area (Å²) < 4.78 is 35.3. The van der Waals surface area contributed by atoms with Crippen LogP contribution in [-0.4, -0.2) is 49.9 Å². The van der Waals surface area contributed by atoms with Crippen LogP contribution in [0.25, 0.3) is 16.0 Å². The molecule has 128 valence electrons. The molecular weight excluding hydrogens is 386 g/mol. The molecule has 0 aliphatic carbocycles. The molecule has 0 heterocycles. The van der Waals surface area contributed by atoms with E-state index in [-0.39, 0.29) is 26.2 Å². The quantitative estimate of drug-likeness (QED) is 0.396. The summed E-state index contributed by atoms with van der Waals surface area (Å²) in [5, 5.41) is 10.8. The molecule has 1 aromatic rings. The minimum Gasteiger partial charge on any atom is -0.665 e. The van der Waals surface area contributed by atoms with Crippen molar-refractivity contribution in [3.05, 3.63) is 40.2 Å². The van der Waals surface area contributed by atoms with Gasteiger partial charge < -0.3 is 16.0 Å². The molecule has 0 atom stereocenters. The van der Waals surface area contributed by atoms with Crippen LogP contribution < -0.4 is 5.19 Å². The summed E-state index contributed by atoms with van der Waals surface area (Å²) in [6.45, 7) is 8.88. The van der Waals surface area contributed by atoms with Gasteiger partial charge in [0.05, 0.1) is 0 Å². The van der Waals surface area contributed by atoms with Gasteiger partial charge in [-0.3, -0.25) is 0 Å². The van der Waals surface area contributed by atoms with Gasteiger partial charge in [0, 0.05) is 0 Å². The SMILES string of the molecule is CC[N-]C.CC[N-]C.CC[N-]C.F[Si](F)(F)[c-]1cccc1.[Zr+4]. The van der Waals surface area contributed by atoms with Gasteiger partial charge in [-0.25, -0.2) is 24.5 Å². The molecule has 0 saturated carbocycles. The molecule has 3 nitrogen and oxygen atoms in total. The minimum atomic E-state index is -5.48. The molecule has 0 saturated heterocycles. The van der Waals surface area contributed by atoms with Crippen LogP contribution in [0.15, 0.2) is 24.3 Å². The maximum atomic E-state index is 11.8. The third-order valence-electron chi connectivity index (χ3n) is 1.94. The summed E-state index contributed by atoms with van der Waals surface area (Å²) >= 11 is 0. The van der Waals surface area contributed by atoms with Gasteiger partial charge in [-0.1, -0.05) is 26.0 Å². The Labute approximate surface area is 154 Å². The number of rotatable bonds is 4. The Bertz CT molecular complexity index is 255. The van der Waals surface area contributed by atoms with Crippen molar-refractivity contribution in [3.8, 4) is 0 Å². The molecule has 0 bridgehead atoms. The second-order valence-electron chi connectivity index (χ2n) is 3.57. The average Bonchev–Trinajstić information content (AvgIpc) is 3.02. The van der Waals surface area contributed by atoms with E-state index in [1.807, 2.05) is 20.8 Å². The van der Waals surface area contributed by atoms with E-state index < -0.39 is 14.3 Å². The van der Waals surface area contributed by atoms with E-state index in [0.29, 0.717) is 0 Å². The van der Waals surface area contributed by atoms with Gasteiger partial charge in [-0.2, -0.15) is 52.9 Å². The van der Waals surface area contributed by atoms with Crippen molar-refractivity contribution in [2.45, 2.75) is 20.8 Å². The molecule has 0 spiro atoms. The van der Waals surface area contributed by atoms with E-state index in [4.69, 9.17) is 0 Å². The molecule has 0 aliphatic heterocycles. The molecule has 22 heavy (non-hydrogen) atoms. The number of halogens is 3. The molecule has 0 unspecified atom stereocenters. The molecule has 0 fully saturated rings. The first-order valence-corrected chi connectivity index (χ1v) is 8.44. The van der Waals surface area contributed by atoms with Gasteiger partial charge in [0.25, 0.3) is 0 Å². The number of hydrogen-bond donors (Lipinski definition) is 0. The Morgan fingerprint density at radius 3 is 1.09 bits per heavy atom. The maximum absolute atomic E-state index is 11.8. The van der Waals surface area contributed by atoms with Crippen LogP contribution in [0.5, 0.6) is 0 Å². The van der Waals surface area contributed by atoms with E-state index in [1.165, 1.54) is 12.1 Å². The van der Waals surface area contributed by atoms with Crippen molar-refractivity contribution in [1.82, 2.24) is 0 Å². The van der Waals surface area contributed by atoms with Crippen LogP contribution >= 0.6 is 0 Å². The van der Waals surface area contributed by atoms with Crippen LogP contribution in [0.3, 0.4) is 0 Å². The number of nitrogens with zero attached hydrogens (tertiary/aromatic N) is 3. The summed E-state index contributed by atoms with van der Waals surface area (Å²) in [6, 6.07) is 5.00. The zero-order chi connectivity index (χ0) is 17.1. The van der Waals surface area contributed by atoms with Crippen LogP contribution in [-0.2, 0) is 26.2 Å². The second-order valence-corrected chi connectivity index (χ2v) is 5.14. The fourth-order valence-corrected chi connectivity index (χ4v) is 1.13. The predicted octanol–water partition coefficient (Wildman–Crippen LogP) is 4.49. The standard InChI is InChI=1S/C5H4F3Si.3C3H8N.Zr/c6-9(7,8)5-3-1-2-4-5;3*1-3-4-2;/h1-4H;3*3H2,1-2H3;/q4*-1;+4. The fourth-order valence-electron chi connectivity index (χ4n) is 0.563. The van der Waals surface area contributed by atoms with Gasteiger partial charge in [-0.05, 0) is 0 Å². The van der Waals surface area contributed by atoms with Crippen LogP contribution in [0.4, 0.5) is 12.3 Å². The summed E-state index contributed by atoms with van der Waals surface area (Å²) in [5.74, 6) is 0. The van der Waals surface area contributed by atoms with Crippen molar-refractivity contribution in [3.63, 3.8) is 0 Å². The Kier molecular flexibility index (Phi) is 31.9. The maximum Gasteiger partial charge on any atom is 4.00 e. The van der Waals surface area contributed by atoms with Crippen LogP contribution in [0.1, 0.15) is 20.8 Å². The molecule has 0 amide bonds. The first-order chi connectivity index (χ1) is 9.85. The normalized spacial score (nSPS) is 8.95. The van der Waals surface area contributed by atoms with E-state index in [0.717, 1.165) is 31.8 Å². The van der Waals surface area contributed by atoms with Gasteiger partial charge in [0.15, 0.2) is 0 Å². The Morgan fingerprint density at radius 1 is 0.773 bits per heavy atom. The minimum absolute atomic E-state index is 0.